The summed E-state index contributed by atoms with van der Waals surface area (Å²) in [5, 5.41) is 0. The van der Waals surface area contributed by atoms with Gasteiger partial charge in [0, 0.05) is 13.7 Å². The van der Waals surface area contributed by atoms with Crippen molar-refractivity contribution < 1.29 is 4.74 Å². The molecule has 106 valence electrons. The van der Waals surface area contributed by atoms with Crippen molar-refractivity contribution in [1.29, 1.82) is 0 Å². The molecule has 0 aromatic carbocycles. The van der Waals surface area contributed by atoms with Crippen LogP contribution < -0.4 is 17.0 Å². The second-order valence-corrected chi connectivity index (χ2v) is 4.75. The maximum Gasteiger partial charge on any atom is 0.329 e. The molecule has 0 amide bonds. The summed E-state index contributed by atoms with van der Waals surface area (Å²) in [4.78, 5) is 28.1. The van der Waals surface area contributed by atoms with E-state index in [0.29, 0.717) is 25.3 Å². The van der Waals surface area contributed by atoms with E-state index in [1.807, 2.05) is 0 Å². The molecule has 0 unspecified atom stereocenters. The molecule has 7 nitrogen and oxygen atoms in total. The maximum atomic E-state index is 11.9. The number of methoxy groups -OCH3 is 1. The summed E-state index contributed by atoms with van der Waals surface area (Å²) in [7, 11) is 1.55. The number of aromatic nitrogens is 2. The number of aromatic amines is 1. The highest BCUT2D eigenvalue weighted by Gasteiger charge is 2.18. The summed E-state index contributed by atoms with van der Waals surface area (Å²) in [5.41, 5.74) is 5.57. The van der Waals surface area contributed by atoms with Gasteiger partial charge in [0.25, 0.3) is 5.56 Å². The van der Waals surface area contributed by atoms with Crippen molar-refractivity contribution in [2.24, 2.45) is 0 Å². The summed E-state index contributed by atoms with van der Waals surface area (Å²) in [5.74, 6) is 0.248. The lowest BCUT2D eigenvalue weighted by Crippen LogP contribution is -2.37. The molecule has 19 heavy (non-hydrogen) atoms. The van der Waals surface area contributed by atoms with Gasteiger partial charge in [-0.1, -0.05) is 0 Å². The van der Waals surface area contributed by atoms with E-state index in [9.17, 15) is 9.59 Å². The molecule has 1 fully saturated rings. The van der Waals surface area contributed by atoms with Crippen LogP contribution in [0.25, 0.3) is 0 Å². The predicted molar refractivity (Wildman–Crippen MR) is 72.1 cm³/mol. The van der Waals surface area contributed by atoms with Crippen molar-refractivity contribution in [1.82, 2.24) is 14.5 Å². The molecule has 1 aliphatic heterocycles. The standard InChI is InChI=1S/C12H20N4O3/c1-19-7-6-16-10(13)9(11(17)14-12(16)18)8-15-4-2-3-5-15/h2-8,13H2,1H3,(H,14,17,18). The molecule has 0 spiro atoms. The number of anilines is 1. The number of ether oxygens (including phenoxy) is 1. The average molecular weight is 268 g/mol. The quantitative estimate of drug-likeness (QED) is 0.741. The van der Waals surface area contributed by atoms with Gasteiger partial charge < -0.3 is 10.5 Å². The summed E-state index contributed by atoms with van der Waals surface area (Å²) in [6, 6.07) is 0. The second-order valence-electron chi connectivity index (χ2n) is 4.75. The fraction of sp³-hybridized carbons (Fsp3) is 0.667. The van der Waals surface area contributed by atoms with E-state index in [0.717, 1.165) is 25.9 Å². The van der Waals surface area contributed by atoms with Crippen LogP contribution in [0.1, 0.15) is 18.4 Å². The first kappa shape index (κ1) is 13.8. The van der Waals surface area contributed by atoms with Gasteiger partial charge in [0.15, 0.2) is 0 Å². The van der Waals surface area contributed by atoms with E-state index in [1.54, 1.807) is 7.11 Å². The molecular formula is C12H20N4O3. The number of hydrogen-bond donors (Lipinski definition) is 2. The van der Waals surface area contributed by atoms with Crippen molar-refractivity contribution in [3.8, 4) is 0 Å². The number of hydrogen-bond acceptors (Lipinski definition) is 5. The molecule has 1 saturated heterocycles. The van der Waals surface area contributed by atoms with E-state index < -0.39 is 5.69 Å². The lowest BCUT2D eigenvalue weighted by atomic mass is 10.2. The summed E-state index contributed by atoms with van der Waals surface area (Å²) in [6.07, 6.45) is 2.28. The van der Waals surface area contributed by atoms with Crippen LogP contribution in [-0.4, -0.2) is 41.3 Å². The van der Waals surface area contributed by atoms with Gasteiger partial charge in [-0.25, -0.2) is 4.79 Å². The first-order valence-electron chi connectivity index (χ1n) is 6.46. The Bertz CT molecular complexity index is 543. The Hall–Kier alpha value is -1.60. The van der Waals surface area contributed by atoms with Gasteiger partial charge in [-0.3, -0.25) is 19.2 Å². The highest BCUT2D eigenvalue weighted by Crippen LogP contribution is 2.13. The zero-order chi connectivity index (χ0) is 13.8. The van der Waals surface area contributed by atoms with E-state index >= 15 is 0 Å². The van der Waals surface area contributed by atoms with E-state index in [-0.39, 0.29) is 11.4 Å². The maximum absolute atomic E-state index is 11.9. The van der Waals surface area contributed by atoms with Crippen LogP contribution in [0, 0.1) is 0 Å². The van der Waals surface area contributed by atoms with Crippen molar-refractivity contribution in [2.45, 2.75) is 25.9 Å². The minimum atomic E-state index is -0.482. The van der Waals surface area contributed by atoms with Gasteiger partial charge in [-0.05, 0) is 25.9 Å². The number of nitrogens with two attached hydrogens (primary N) is 1. The van der Waals surface area contributed by atoms with Crippen molar-refractivity contribution in [3.63, 3.8) is 0 Å². The molecule has 2 rings (SSSR count). The first-order valence-corrected chi connectivity index (χ1v) is 6.46. The average Bonchev–Trinajstić information content (AvgIpc) is 2.87. The zero-order valence-electron chi connectivity index (χ0n) is 11.1. The van der Waals surface area contributed by atoms with Gasteiger partial charge in [-0.15, -0.1) is 0 Å². The highest BCUT2D eigenvalue weighted by atomic mass is 16.5. The van der Waals surface area contributed by atoms with E-state index in [1.165, 1.54) is 4.57 Å². The first-order chi connectivity index (χ1) is 9.13. The molecule has 2 heterocycles. The SMILES string of the molecule is COCCn1c(N)c(CN2CCCC2)c(=O)[nH]c1=O. The number of likely N-dealkylation sites (tertiary alicyclic amines) is 1. The van der Waals surface area contributed by atoms with Crippen molar-refractivity contribution in [2.75, 3.05) is 32.5 Å². The monoisotopic (exact) mass is 268 g/mol. The van der Waals surface area contributed by atoms with Gasteiger partial charge >= 0.3 is 5.69 Å². The van der Waals surface area contributed by atoms with Crippen LogP contribution in [0.5, 0.6) is 0 Å². The molecule has 0 aliphatic carbocycles. The van der Waals surface area contributed by atoms with Crippen LogP contribution in [-0.2, 0) is 17.8 Å². The summed E-state index contributed by atoms with van der Waals surface area (Å²) < 4.78 is 6.30. The van der Waals surface area contributed by atoms with Crippen molar-refractivity contribution >= 4 is 5.82 Å². The predicted octanol–water partition coefficient (Wildman–Crippen LogP) is -0.639. The van der Waals surface area contributed by atoms with Crippen LogP contribution >= 0.6 is 0 Å². The lowest BCUT2D eigenvalue weighted by Gasteiger charge is -2.17. The number of rotatable bonds is 5. The Balaban J connectivity index is 2.30. The number of nitrogens with one attached hydrogen (secondary N) is 1. The Labute approximate surface area is 111 Å². The fourth-order valence-electron chi connectivity index (χ4n) is 2.35. The topological polar surface area (TPSA) is 93.3 Å². The third-order valence-electron chi connectivity index (χ3n) is 3.44. The summed E-state index contributed by atoms with van der Waals surface area (Å²) >= 11 is 0. The Morgan fingerprint density at radius 3 is 2.63 bits per heavy atom. The molecule has 1 aromatic rings. The molecule has 0 radical (unpaired) electrons. The number of H-pyrrole nitrogens is 1. The van der Waals surface area contributed by atoms with E-state index in [2.05, 4.69) is 9.88 Å². The number of nitrogens with zero attached hydrogens (tertiary/aromatic N) is 2. The smallest absolute Gasteiger partial charge is 0.329 e. The molecular weight excluding hydrogens is 248 g/mol. The third kappa shape index (κ3) is 3.05. The van der Waals surface area contributed by atoms with Gasteiger partial charge in [0.05, 0.1) is 18.7 Å². The van der Waals surface area contributed by atoms with Gasteiger partial charge in [0.2, 0.25) is 0 Å². The molecule has 3 N–H and O–H groups in total. The minimum Gasteiger partial charge on any atom is -0.385 e. The minimum absolute atomic E-state index is 0.248. The highest BCUT2D eigenvalue weighted by molar-refractivity contribution is 5.38. The van der Waals surface area contributed by atoms with E-state index in [4.69, 9.17) is 10.5 Å². The van der Waals surface area contributed by atoms with Crippen LogP contribution in [0.3, 0.4) is 0 Å². The Kier molecular flexibility index (Phi) is 4.39. The third-order valence-corrected chi connectivity index (χ3v) is 3.44. The fourth-order valence-corrected chi connectivity index (χ4v) is 2.35. The van der Waals surface area contributed by atoms with Crippen LogP contribution in [0.15, 0.2) is 9.59 Å². The van der Waals surface area contributed by atoms with Crippen LogP contribution in [0.4, 0.5) is 5.82 Å². The lowest BCUT2D eigenvalue weighted by molar-refractivity contribution is 0.186. The zero-order valence-corrected chi connectivity index (χ0v) is 11.1. The summed E-state index contributed by atoms with van der Waals surface area (Å²) in [6.45, 7) is 3.14. The van der Waals surface area contributed by atoms with Gasteiger partial charge in [0.1, 0.15) is 5.82 Å². The molecule has 7 heteroatoms. The second kappa shape index (κ2) is 6.03. The van der Waals surface area contributed by atoms with Gasteiger partial charge in [-0.2, -0.15) is 0 Å². The molecule has 1 aromatic heterocycles. The largest absolute Gasteiger partial charge is 0.385 e. The molecule has 0 bridgehead atoms. The molecule has 1 aliphatic rings. The van der Waals surface area contributed by atoms with Crippen molar-refractivity contribution in [3.05, 3.63) is 26.4 Å². The number of nitrogen functional groups attached to an aromatic ring is 1. The molecule has 0 saturated carbocycles. The van der Waals surface area contributed by atoms with Crippen LogP contribution in [0.2, 0.25) is 0 Å². The normalized spacial score (nSPS) is 16.1. The Morgan fingerprint density at radius 1 is 1.32 bits per heavy atom. The molecule has 0 atom stereocenters. The Morgan fingerprint density at radius 2 is 2.00 bits per heavy atom.